The molecule has 0 aromatic heterocycles. The fourth-order valence-electron chi connectivity index (χ4n) is 3.42. The Hall–Kier alpha value is -1.20. The van der Waals surface area contributed by atoms with Gasteiger partial charge in [0, 0.05) is 12.7 Å². The normalized spacial score (nSPS) is 21.1. The molecule has 142 valence electrons. The molecule has 1 saturated carbocycles. The van der Waals surface area contributed by atoms with Crippen LogP contribution in [0.25, 0.3) is 0 Å². The average molecular weight is 434 g/mol. The number of hydrogen-bond acceptors (Lipinski definition) is 7. The first-order valence-corrected chi connectivity index (χ1v) is 12.3. The molecule has 27 heavy (non-hydrogen) atoms. The Bertz CT molecular complexity index is 713. The molecule has 0 radical (unpaired) electrons. The van der Waals surface area contributed by atoms with E-state index >= 15 is 0 Å². The molecule has 0 saturated heterocycles. The highest BCUT2D eigenvalue weighted by atomic mass is 32.1. The quantitative estimate of drug-likeness (QED) is 0.218. The topological polar surface area (TPSA) is 46.3 Å². The third-order valence-corrected chi connectivity index (χ3v) is 8.10. The number of aryl methyl sites for hydroxylation is 1. The van der Waals surface area contributed by atoms with Gasteiger partial charge in [0.15, 0.2) is 0 Å². The maximum absolute atomic E-state index is 6.07. The molecule has 0 heterocycles. The van der Waals surface area contributed by atoms with E-state index in [1.807, 2.05) is 0 Å². The van der Waals surface area contributed by atoms with Crippen LogP contribution < -0.4 is 0 Å². The van der Waals surface area contributed by atoms with Gasteiger partial charge in [-0.05, 0) is 87.2 Å². The van der Waals surface area contributed by atoms with Crippen LogP contribution in [0.15, 0.2) is 38.2 Å². The molecule has 1 fully saturated rings. The van der Waals surface area contributed by atoms with Crippen molar-refractivity contribution < 1.29 is 4.74 Å². The van der Waals surface area contributed by atoms with E-state index in [0.29, 0.717) is 24.7 Å². The first-order valence-electron chi connectivity index (χ1n) is 9.07. The van der Waals surface area contributed by atoms with E-state index in [9.17, 15) is 0 Å². The zero-order valence-corrected chi connectivity index (χ0v) is 18.8. The lowest BCUT2D eigenvalue weighted by molar-refractivity contribution is 0.0250. The van der Waals surface area contributed by atoms with Crippen LogP contribution in [0, 0.1) is 6.92 Å². The van der Waals surface area contributed by atoms with Crippen molar-refractivity contribution >= 4 is 60.7 Å². The molecule has 8 heteroatoms. The van der Waals surface area contributed by atoms with Gasteiger partial charge in [-0.25, -0.2) is 14.0 Å². The summed E-state index contributed by atoms with van der Waals surface area (Å²) in [5.74, 6) is 0.649. The van der Waals surface area contributed by atoms with Crippen molar-refractivity contribution in [1.82, 2.24) is 0 Å². The van der Waals surface area contributed by atoms with Gasteiger partial charge in [0.2, 0.25) is 0 Å². The summed E-state index contributed by atoms with van der Waals surface area (Å²) in [4.78, 5) is 0. The fourth-order valence-corrected chi connectivity index (χ4v) is 6.28. The van der Waals surface area contributed by atoms with E-state index in [4.69, 9.17) is 41.4 Å². The van der Waals surface area contributed by atoms with Gasteiger partial charge in [0.1, 0.15) is 0 Å². The van der Waals surface area contributed by atoms with Crippen LogP contribution in [0.4, 0.5) is 0 Å². The standard InChI is InChI=1S/C19H23N3OS3Si/c1-16-3-5-17(6-4-16)18-7-9-19(10-8-18)23-11-2-12-27(20-13-24,21-14-25)22-15-26/h3-6,18-19H,2,7-12H2,1H3. The first-order chi connectivity index (χ1) is 13.1. The second-order valence-corrected chi connectivity index (χ2v) is 10.0. The number of rotatable bonds is 9. The van der Waals surface area contributed by atoms with E-state index in [1.54, 1.807) is 0 Å². The molecule has 1 aliphatic carbocycles. The number of thiocarbonyl (C=S) groups is 3. The Labute approximate surface area is 178 Å². The molecule has 1 aromatic rings. The maximum atomic E-state index is 6.07. The summed E-state index contributed by atoms with van der Waals surface area (Å²) in [7, 11) is -2.79. The molecule has 0 aliphatic heterocycles. The second-order valence-electron chi connectivity index (χ2n) is 6.74. The second kappa shape index (κ2) is 11.6. The lowest BCUT2D eigenvalue weighted by Gasteiger charge is -2.29. The Morgan fingerprint density at radius 2 is 1.52 bits per heavy atom. The van der Waals surface area contributed by atoms with Gasteiger partial charge in [0.25, 0.3) is 0 Å². The molecule has 0 amide bonds. The molecule has 0 N–H and O–H groups in total. The van der Waals surface area contributed by atoms with Crippen molar-refractivity contribution in [2.24, 2.45) is 14.0 Å². The summed E-state index contributed by atoms with van der Waals surface area (Å²) >= 11 is 14.1. The molecule has 0 spiro atoms. The summed E-state index contributed by atoms with van der Waals surface area (Å²) in [5.41, 5.74) is 2.76. The van der Waals surface area contributed by atoms with Gasteiger partial charge in [-0.1, -0.05) is 29.8 Å². The Kier molecular flexibility index (Phi) is 9.49. The first kappa shape index (κ1) is 22.1. The van der Waals surface area contributed by atoms with Crippen molar-refractivity contribution in [2.45, 2.75) is 57.1 Å². The molecule has 4 nitrogen and oxygen atoms in total. The van der Waals surface area contributed by atoms with Crippen molar-refractivity contribution in [3.05, 3.63) is 35.4 Å². The molecular weight excluding hydrogens is 411 g/mol. The predicted molar refractivity (Wildman–Crippen MR) is 122 cm³/mol. The zero-order valence-electron chi connectivity index (χ0n) is 15.4. The van der Waals surface area contributed by atoms with E-state index < -0.39 is 8.56 Å². The van der Waals surface area contributed by atoms with Crippen LogP contribution in [-0.4, -0.2) is 36.8 Å². The molecule has 1 aliphatic rings. The van der Waals surface area contributed by atoms with Crippen LogP contribution in [0.3, 0.4) is 0 Å². The zero-order chi connectivity index (χ0) is 19.5. The summed E-state index contributed by atoms with van der Waals surface area (Å²) in [6.07, 6.45) is 5.62. The van der Waals surface area contributed by atoms with Gasteiger partial charge in [-0.2, -0.15) is 0 Å². The summed E-state index contributed by atoms with van der Waals surface area (Å²) < 4.78 is 18.5. The van der Waals surface area contributed by atoms with Gasteiger partial charge in [0.05, 0.1) is 21.6 Å². The lowest BCUT2D eigenvalue weighted by Crippen LogP contribution is -2.28. The molecule has 1 aromatic carbocycles. The van der Waals surface area contributed by atoms with E-state index in [-0.39, 0.29) is 0 Å². The van der Waals surface area contributed by atoms with E-state index in [2.05, 4.69) is 60.6 Å². The Balaban J connectivity index is 1.78. The average Bonchev–Trinajstić information content (AvgIpc) is 2.67. The van der Waals surface area contributed by atoms with E-state index in [0.717, 1.165) is 19.3 Å². The van der Waals surface area contributed by atoms with E-state index in [1.165, 1.54) is 24.0 Å². The largest absolute Gasteiger partial charge is 0.461 e. The van der Waals surface area contributed by atoms with Crippen molar-refractivity contribution in [3.63, 3.8) is 0 Å². The number of hydrogen-bond donors (Lipinski definition) is 0. The summed E-state index contributed by atoms with van der Waals surface area (Å²) in [6.45, 7) is 2.77. The maximum Gasteiger partial charge on any atom is 0.461 e. The van der Waals surface area contributed by atoms with Crippen LogP contribution in [-0.2, 0) is 4.74 Å². The minimum atomic E-state index is -2.79. The third kappa shape index (κ3) is 7.04. The van der Waals surface area contributed by atoms with Crippen LogP contribution >= 0.6 is 36.7 Å². The van der Waals surface area contributed by atoms with Gasteiger partial charge in [-0.15, -0.1) is 0 Å². The molecule has 0 unspecified atom stereocenters. The monoisotopic (exact) mass is 433 g/mol. The fraction of sp³-hybridized carbons (Fsp3) is 0.526. The highest BCUT2D eigenvalue weighted by Crippen LogP contribution is 2.34. The molecular formula is C19H23N3OS3Si. The van der Waals surface area contributed by atoms with Gasteiger partial charge >= 0.3 is 8.56 Å². The minimum Gasteiger partial charge on any atom is -0.378 e. The Morgan fingerprint density at radius 3 is 2.04 bits per heavy atom. The Morgan fingerprint density at radius 1 is 0.963 bits per heavy atom. The minimum absolute atomic E-state index is 0.319. The molecule has 0 atom stereocenters. The lowest BCUT2D eigenvalue weighted by atomic mass is 9.82. The smallest absolute Gasteiger partial charge is 0.378 e. The third-order valence-electron chi connectivity index (χ3n) is 4.91. The molecule has 0 bridgehead atoms. The molecule has 2 rings (SSSR count). The SMILES string of the molecule is Cc1ccc(C2CCC(OCCC[Si](N=C=S)(N=C=S)N=C=S)CC2)cc1. The van der Waals surface area contributed by atoms with Crippen LogP contribution in [0.2, 0.25) is 6.04 Å². The van der Waals surface area contributed by atoms with Crippen molar-refractivity contribution in [1.29, 1.82) is 0 Å². The van der Waals surface area contributed by atoms with Crippen LogP contribution in [0.5, 0.6) is 0 Å². The van der Waals surface area contributed by atoms with Gasteiger partial charge < -0.3 is 4.74 Å². The highest BCUT2D eigenvalue weighted by Gasteiger charge is 2.34. The number of ether oxygens (including phenoxy) is 1. The van der Waals surface area contributed by atoms with Crippen LogP contribution in [0.1, 0.15) is 49.1 Å². The summed E-state index contributed by atoms with van der Waals surface area (Å²) in [5, 5.41) is 7.08. The van der Waals surface area contributed by atoms with Crippen molar-refractivity contribution in [3.8, 4) is 0 Å². The van der Waals surface area contributed by atoms with Crippen molar-refractivity contribution in [2.75, 3.05) is 6.61 Å². The predicted octanol–water partition coefficient (Wildman–Crippen LogP) is 5.68. The summed E-state index contributed by atoms with van der Waals surface area (Å²) in [6, 6.07) is 9.53. The van der Waals surface area contributed by atoms with Gasteiger partial charge in [-0.3, -0.25) is 0 Å². The number of nitrogens with zero attached hydrogens (tertiary/aromatic N) is 3. The number of benzene rings is 1. The highest BCUT2D eigenvalue weighted by molar-refractivity contribution is 7.78. The number of isothiocyanates is 3.